The van der Waals surface area contributed by atoms with Gasteiger partial charge >= 0.3 is 24.1 Å². The van der Waals surface area contributed by atoms with Gasteiger partial charge in [-0.15, -0.1) is 0 Å². The summed E-state index contributed by atoms with van der Waals surface area (Å²) in [7, 11) is 0. The first-order valence-corrected chi connectivity index (χ1v) is 17.8. The molecule has 2 atom stereocenters. The van der Waals surface area contributed by atoms with Crippen LogP contribution in [0.25, 0.3) is 0 Å². The van der Waals surface area contributed by atoms with Gasteiger partial charge in [0.1, 0.15) is 0 Å². The van der Waals surface area contributed by atoms with Gasteiger partial charge in [-0.05, 0) is 57.8 Å². The number of allylic oxidation sites excluding steroid dienone is 10. The minimum absolute atomic E-state index is 0. The van der Waals surface area contributed by atoms with E-state index in [9.17, 15) is 49.1 Å². The van der Waals surface area contributed by atoms with Crippen molar-refractivity contribution >= 4 is 11.6 Å². The van der Waals surface area contributed by atoms with Crippen LogP contribution < -0.4 is 10.6 Å². The van der Waals surface area contributed by atoms with Crippen molar-refractivity contribution in [2.75, 3.05) is 0 Å². The van der Waals surface area contributed by atoms with Crippen molar-refractivity contribution in [2.45, 2.75) is 145 Å². The van der Waals surface area contributed by atoms with Crippen LogP contribution in [0.3, 0.4) is 0 Å². The Labute approximate surface area is 334 Å². The molecular weight excluding hydrogens is 802 g/mol. The van der Waals surface area contributed by atoms with Gasteiger partial charge in [0.05, 0.1) is 0 Å². The summed E-state index contributed by atoms with van der Waals surface area (Å²) >= 11 is 0. The molecule has 323 valence electrons. The molecule has 0 aromatic heterocycles. The molecular formula is C40H57CoF9N2O4. The van der Waals surface area contributed by atoms with Gasteiger partial charge in [-0.1, -0.05) is 108 Å². The summed E-state index contributed by atoms with van der Waals surface area (Å²) in [6, 6.07) is 0.340. The molecule has 1 radical (unpaired) electrons. The average molecular weight is 860 g/mol. The first-order chi connectivity index (χ1) is 23.9. The van der Waals surface area contributed by atoms with Gasteiger partial charge in [0, 0.05) is 63.6 Å². The largest absolute Gasteiger partial charge is 0.435 e. The first-order valence-electron chi connectivity index (χ1n) is 17.8. The molecule has 0 saturated heterocycles. The first kappa shape index (κ1) is 53.2. The number of rotatable bonds is 4. The summed E-state index contributed by atoms with van der Waals surface area (Å²) < 4.78 is 103. The molecule has 3 aliphatic rings. The van der Waals surface area contributed by atoms with Gasteiger partial charge in [0.25, 0.3) is 0 Å². The molecule has 5 N–H and O–H groups in total. The molecule has 0 aromatic rings. The molecule has 16 heteroatoms. The number of halogens is 9. The number of carbonyl (C=O) groups is 2. The summed E-state index contributed by atoms with van der Waals surface area (Å²) in [5.41, 5.74) is -1.74. The van der Waals surface area contributed by atoms with E-state index in [2.05, 4.69) is 118 Å². The van der Waals surface area contributed by atoms with E-state index < -0.39 is 24.1 Å². The molecule has 56 heavy (non-hydrogen) atoms. The Morgan fingerprint density at radius 3 is 1.00 bits per heavy atom. The summed E-state index contributed by atoms with van der Waals surface area (Å²) in [5.74, 6) is 0.203. The zero-order chi connectivity index (χ0) is 42.3. The van der Waals surface area contributed by atoms with Crippen LogP contribution in [-0.2, 0) is 26.4 Å². The van der Waals surface area contributed by atoms with E-state index in [0.717, 1.165) is 48.0 Å². The second-order valence-corrected chi connectivity index (χ2v) is 18.2. The molecule has 3 aliphatic carbocycles. The molecule has 3 rings (SSSR count). The smallest absolute Gasteiger partial charge is 0.412 e. The Hall–Kier alpha value is -2.82. The Kier molecular flexibility index (Phi) is 17.1. The molecule has 0 heterocycles. The fraction of sp³-hybridized carbons (Fsp3) is 0.650. The van der Waals surface area contributed by atoms with Crippen LogP contribution in [0.4, 0.5) is 39.5 Å². The molecule has 0 bridgehead atoms. The second-order valence-electron chi connectivity index (χ2n) is 18.2. The third-order valence-corrected chi connectivity index (χ3v) is 9.49. The van der Waals surface area contributed by atoms with Crippen molar-refractivity contribution in [3.63, 3.8) is 0 Å². The SMILES string of the molecule is CC(C)(C)C1=C/C(=C/N[C@@H]2CCCC[C@H]2N/C=C2/C=C(C(C)(C)C)C=C(C(C)(C)C)C2=O)C(=O)C(C(C)(C)C)=C1.O.OC(C(F)(F)F)(C(F)(F)F)C(F)(F)F.[Co]. The number of carbonyl (C=O) groups excluding carboxylic acids is 2. The van der Waals surface area contributed by atoms with E-state index in [0.29, 0.717) is 0 Å². The van der Waals surface area contributed by atoms with E-state index in [1.807, 2.05) is 12.4 Å². The summed E-state index contributed by atoms with van der Waals surface area (Å²) in [6.45, 7) is 25.8. The monoisotopic (exact) mass is 859 g/mol. The molecule has 6 nitrogen and oxygen atoms in total. The Morgan fingerprint density at radius 2 is 0.804 bits per heavy atom. The minimum atomic E-state index is -6.87. The van der Waals surface area contributed by atoms with Crippen molar-refractivity contribution in [3.8, 4) is 0 Å². The third kappa shape index (κ3) is 12.6. The van der Waals surface area contributed by atoms with Gasteiger partial charge in [0.2, 0.25) is 0 Å². The van der Waals surface area contributed by atoms with Crippen LogP contribution in [0.5, 0.6) is 0 Å². The number of ketones is 2. The third-order valence-electron chi connectivity index (χ3n) is 9.49. The van der Waals surface area contributed by atoms with Crippen LogP contribution in [-0.4, -0.2) is 58.4 Å². The van der Waals surface area contributed by atoms with Crippen LogP contribution in [0, 0.1) is 21.7 Å². The van der Waals surface area contributed by atoms with Gasteiger partial charge in [-0.2, -0.15) is 39.5 Å². The average Bonchev–Trinajstić information content (AvgIpc) is 2.96. The normalized spacial score (nSPS) is 22.1. The zero-order valence-electron chi connectivity index (χ0n) is 33.9. The number of aliphatic hydroxyl groups is 1. The summed E-state index contributed by atoms with van der Waals surface area (Å²) in [5, 5.41) is 14.9. The number of nitrogens with one attached hydrogen (secondary N) is 2. The van der Waals surface area contributed by atoms with Gasteiger partial charge < -0.3 is 21.2 Å². The molecule has 1 fully saturated rings. The van der Waals surface area contributed by atoms with Crippen molar-refractivity contribution in [3.05, 3.63) is 70.1 Å². The number of alkyl halides is 9. The van der Waals surface area contributed by atoms with Crippen LogP contribution in [0.15, 0.2) is 70.1 Å². The van der Waals surface area contributed by atoms with E-state index in [4.69, 9.17) is 5.11 Å². The van der Waals surface area contributed by atoms with Crippen molar-refractivity contribution in [2.24, 2.45) is 21.7 Å². The molecule has 0 aliphatic heterocycles. The van der Waals surface area contributed by atoms with Gasteiger partial charge in [0.15, 0.2) is 11.6 Å². The molecule has 1 saturated carbocycles. The topological polar surface area (TPSA) is 110 Å². The quantitative estimate of drug-likeness (QED) is 0.193. The van der Waals surface area contributed by atoms with E-state index in [1.165, 1.54) is 11.1 Å². The molecule has 0 unspecified atom stereocenters. The summed E-state index contributed by atoms with van der Waals surface area (Å²) in [6.07, 6.45) is -4.13. The van der Waals surface area contributed by atoms with E-state index >= 15 is 0 Å². The van der Waals surface area contributed by atoms with Crippen molar-refractivity contribution in [1.82, 2.24) is 10.6 Å². The van der Waals surface area contributed by atoms with Crippen LogP contribution >= 0.6 is 0 Å². The Morgan fingerprint density at radius 1 is 0.536 bits per heavy atom. The van der Waals surface area contributed by atoms with Crippen LogP contribution in [0.2, 0.25) is 0 Å². The predicted molar refractivity (Wildman–Crippen MR) is 195 cm³/mol. The maximum Gasteiger partial charge on any atom is 0.435 e. The predicted octanol–water partition coefficient (Wildman–Crippen LogP) is 9.88. The molecule has 0 amide bonds. The fourth-order valence-electron chi connectivity index (χ4n) is 5.90. The standard InChI is InChI=1S/C36H54N2O2.C4HF9O.Co.H2O/c1-33(2,3)25-17-23(31(39)27(19-25)35(7,8)9)21-37-29-15-13-14-16-30(29)38-22-24-18-26(34(4,5)6)20-28(32(24)40)36(10,11)12;5-2(6,7)1(14,3(8,9)10)4(11,12)13;;/h17-22,29-30,37-38H,13-16H2,1-12H3;14H;;1H2/b23-21-,24-22-;;;/t29-,30-;;;/m1.../s1. The van der Waals surface area contributed by atoms with Crippen molar-refractivity contribution < 1.29 is 76.5 Å². The van der Waals surface area contributed by atoms with Crippen LogP contribution in [0.1, 0.15) is 109 Å². The maximum atomic E-state index is 13.5. The van der Waals surface area contributed by atoms with Gasteiger partial charge in [-0.3, -0.25) is 9.59 Å². The summed E-state index contributed by atoms with van der Waals surface area (Å²) in [4.78, 5) is 27.0. The van der Waals surface area contributed by atoms with E-state index in [-0.39, 0.29) is 67.6 Å². The van der Waals surface area contributed by atoms with Crippen molar-refractivity contribution in [1.29, 1.82) is 0 Å². The molecule has 0 aromatic carbocycles. The Balaban J connectivity index is 0.00000161. The van der Waals surface area contributed by atoms with Gasteiger partial charge in [-0.25, -0.2) is 0 Å². The number of Topliss-reactive ketones (excluding diaryl/α,β-unsaturated/α-hetero) is 2. The number of hydrogen-bond acceptors (Lipinski definition) is 5. The minimum Gasteiger partial charge on any atom is -0.412 e. The zero-order valence-corrected chi connectivity index (χ0v) is 35.0. The Bertz CT molecular complexity index is 1490. The fourth-order valence-corrected chi connectivity index (χ4v) is 5.90. The maximum absolute atomic E-state index is 13.5. The number of hydrogen-bond donors (Lipinski definition) is 3. The molecule has 0 spiro atoms. The second kappa shape index (κ2) is 18.0. The van der Waals surface area contributed by atoms with E-state index in [1.54, 1.807) is 0 Å².